The van der Waals surface area contributed by atoms with Crippen LogP contribution in [0.1, 0.15) is 37.0 Å². The molecule has 1 atom stereocenters. The number of aliphatic hydroxyl groups excluding tert-OH is 1. The largest absolute Gasteiger partial charge is 0.382 e. The fourth-order valence-electron chi connectivity index (χ4n) is 5.28. The number of aryl methyl sites for hydroxylation is 1. The fraction of sp³-hybridized carbons (Fsp3) is 0.419. The number of anilines is 2. The van der Waals surface area contributed by atoms with Crippen molar-refractivity contribution in [3.05, 3.63) is 76.5 Å². The molecule has 0 aromatic heterocycles. The Kier molecular flexibility index (Phi) is 8.47. The molecule has 1 saturated heterocycles. The van der Waals surface area contributed by atoms with E-state index in [9.17, 15) is 18.3 Å². The van der Waals surface area contributed by atoms with Crippen LogP contribution in [0.4, 0.5) is 11.4 Å². The highest BCUT2D eigenvalue weighted by Crippen LogP contribution is 2.33. The Labute approximate surface area is 242 Å². The molecule has 2 aromatic carbocycles. The number of likely N-dealkylation sites (N-methyl/N-ethyl adjacent to an activating group) is 1. The number of rotatable bonds is 9. The molecule has 1 amide bonds. The first-order chi connectivity index (χ1) is 19.6. The van der Waals surface area contributed by atoms with Crippen LogP contribution in [0.2, 0.25) is 0 Å². The van der Waals surface area contributed by atoms with Crippen LogP contribution >= 0.6 is 0 Å². The molecule has 2 aromatic rings. The Balaban J connectivity index is 1.29. The second-order valence-corrected chi connectivity index (χ2v) is 13.3. The zero-order chi connectivity index (χ0) is 29.3. The number of benzene rings is 2. The molecule has 0 bridgehead atoms. The average molecular weight is 578 g/mol. The third-order valence-corrected chi connectivity index (χ3v) is 10.00. The highest BCUT2D eigenvalue weighted by molar-refractivity contribution is 7.89. The Hall–Kier alpha value is -3.31. The van der Waals surface area contributed by atoms with Crippen LogP contribution in [-0.4, -0.2) is 81.7 Å². The molecule has 9 nitrogen and oxygen atoms in total. The summed E-state index contributed by atoms with van der Waals surface area (Å²) in [6, 6.07) is 12.2. The predicted molar refractivity (Wildman–Crippen MR) is 163 cm³/mol. The minimum Gasteiger partial charge on any atom is -0.382 e. The summed E-state index contributed by atoms with van der Waals surface area (Å²) in [7, 11) is -1.64. The van der Waals surface area contributed by atoms with Gasteiger partial charge < -0.3 is 20.2 Å². The second-order valence-electron chi connectivity index (χ2n) is 11.3. The van der Waals surface area contributed by atoms with Crippen molar-refractivity contribution >= 4 is 34.0 Å². The number of amides is 1. The summed E-state index contributed by atoms with van der Waals surface area (Å²) in [5.74, 6) is 0.0495. The molecule has 0 radical (unpaired) electrons. The van der Waals surface area contributed by atoms with E-state index in [0.29, 0.717) is 11.4 Å². The van der Waals surface area contributed by atoms with Crippen LogP contribution in [0.25, 0.3) is 0 Å². The van der Waals surface area contributed by atoms with E-state index in [-0.39, 0.29) is 29.8 Å². The maximum atomic E-state index is 13.4. The lowest BCUT2D eigenvalue weighted by Crippen LogP contribution is -2.44. The Morgan fingerprint density at radius 1 is 1.07 bits per heavy atom. The molecular formula is C31H39N5O4S. The molecule has 0 spiro atoms. The van der Waals surface area contributed by atoms with Gasteiger partial charge in [0.05, 0.1) is 10.6 Å². The van der Waals surface area contributed by atoms with Gasteiger partial charge in [-0.2, -0.15) is 4.31 Å². The molecule has 1 aliphatic carbocycles. The quantitative estimate of drug-likeness (QED) is 0.440. The zero-order valence-corrected chi connectivity index (χ0v) is 24.8. The summed E-state index contributed by atoms with van der Waals surface area (Å²) in [5, 5.41) is 14.1. The number of hydrogen-bond donors (Lipinski definition) is 2. The number of nitrogens with zero attached hydrogens (tertiary/aromatic N) is 4. The Bertz CT molecular complexity index is 1490. The maximum Gasteiger partial charge on any atom is 0.243 e. The number of carbonyl (C=O) groups excluding carboxylic acids is 1. The second kappa shape index (κ2) is 11.9. The van der Waals surface area contributed by atoms with Crippen molar-refractivity contribution < 1.29 is 18.3 Å². The first kappa shape index (κ1) is 29.2. The molecule has 5 rings (SSSR count). The van der Waals surface area contributed by atoms with Gasteiger partial charge in [0.25, 0.3) is 0 Å². The molecule has 10 heteroatoms. The van der Waals surface area contributed by atoms with Crippen LogP contribution < -0.4 is 10.2 Å². The number of carbonyl (C=O) groups is 1. The van der Waals surface area contributed by atoms with Crippen molar-refractivity contribution in [2.45, 2.75) is 37.7 Å². The van der Waals surface area contributed by atoms with Crippen molar-refractivity contribution in [2.75, 3.05) is 56.5 Å². The number of hydrogen-bond acceptors (Lipinski definition) is 7. The van der Waals surface area contributed by atoms with Gasteiger partial charge in [0.2, 0.25) is 15.9 Å². The smallest absolute Gasteiger partial charge is 0.243 e. The lowest BCUT2D eigenvalue weighted by molar-refractivity contribution is -0.117. The molecule has 2 fully saturated rings. The van der Waals surface area contributed by atoms with Gasteiger partial charge >= 0.3 is 0 Å². The minimum absolute atomic E-state index is 0.0218. The van der Waals surface area contributed by atoms with Gasteiger partial charge in [0, 0.05) is 56.6 Å². The average Bonchev–Trinajstić information content (AvgIpc) is 3.75. The van der Waals surface area contributed by atoms with Gasteiger partial charge in [0.1, 0.15) is 6.10 Å². The van der Waals surface area contributed by atoms with Crippen LogP contribution in [-0.2, 0) is 14.8 Å². The molecule has 3 aliphatic rings. The third kappa shape index (κ3) is 6.46. The molecule has 2 N–H and O–H groups in total. The summed E-state index contributed by atoms with van der Waals surface area (Å²) < 4.78 is 28.3. The zero-order valence-electron chi connectivity index (χ0n) is 24.0. The van der Waals surface area contributed by atoms with E-state index in [0.717, 1.165) is 67.0 Å². The van der Waals surface area contributed by atoms with Crippen molar-refractivity contribution in [3.63, 3.8) is 0 Å². The fourth-order valence-corrected chi connectivity index (χ4v) is 6.73. The van der Waals surface area contributed by atoms with Crippen molar-refractivity contribution in [2.24, 2.45) is 10.9 Å². The Morgan fingerprint density at radius 3 is 2.39 bits per heavy atom. The predicted octanol–water partition coefficient (Wildman–Crippen LogP) is 3.73. The van der Waals surface area contributed by atoms with E-state index in [1.54, 1.807) is 18.2 Å². The summed E-state index contributed by atoms with van der Waals surface area (Å²) in [5.41, 5.74) is 5.61. The number of sulfonamides is 1. The van der Waals surface area contributed by atoms with E-state index >= 15 is 0 Å². The van der Waals surface area contributed by atoms with Gasteiger partial charge in [-0.3, -0.25) is 9.79 Å². The lowest BCUT2D eigenvalue weighted by atomic mass is 10.0. The van der Waals surface area contributed by atoms with E-state index in [1.807, 2.05) is 25.1 Å². The topological polar surface area (TPSA) is 106 Å². The number of aliphatic hydroxyl groups is 1. The van der Waals surface area contributed by atoms with Crippen LogP contribution in [0.5, 0.6) is 0 Å². The van der Waals surface area contributed by atoms with Gasteiger partial charge in [-0.05, 0) is 93.6 Å². The first-order valence-electron chi connectivity index (χ1n) is 14.1. The van der Waals surface area contributed by atoms with Crippen LogP contribution in [0.3, 0.4) is 0 Å². The molecule has 1 unspecified atom stereocenters. The normalized spacial score (nSPS) is 19.9. The van der Waals surface area contributed by atoms with E-state index in [4.69, 9.17) is 0 Å². The maximum absolute atomic E-state index is 13.4. The molecular weight excluding hydrogens is 538 g/mol. The molecule has 1 saturated carbocycles. The first-order valence-corrected chi connectivity index (χ1v) is 15.5. The van der Waals surface area contributed by atoms with E-state index in [2.05, 4.69) is 40.8 Å². The Morgan fingerprint density at radius 2 is 1.76 bits per heavy atom. The van der Waals surface area contributed by atoms with Gasteiger partial charge in [0.15, 0.2) is 0 Å². The summed E-state index contributed by atoms with van der Waals surface area (Å²) in [6.45, 7) is 11.9. The number of piperazine rings is 1. The summed E-state index contributed by atoms with van der Waals surface area (Å²) in [6.07, 6.45) is 2.57. The number of aliphatic imine (C=N–C) groups is 1. The molecule has 2 aliphatic heterocycles. The van der Waals surface area contributed by atoms with Gasteiger partial charge in [-0.15, -0.1) is 0 Å². The van der Waals surface area contributed by atoms with Gasteiger partial charge in [-0.25, -0.2) is 8.42 Å². The van der Waals surface area contributed by atoms with E-state index < -0.39 is 16.1 Å². The highest BCUT2D eigenvalue weighted by atomic mass is 32.2. The molecule has 41 heavy (non-hydrogen) atoms. The highest BCUT2D eigenvalue weighted by Gasteiger charge is 2.32. The summed E-state index contributed by atoms with van der Waals surface area (Å²) in [4.78, 5) is 21.0. The van der Waals surface area contributed by atoms with E-state index in [1.165, 1.54) is 16.4 Å². The van der Waals surface area contributed by atoms with Gasteiger partial charge in [-0.1, -0.05) is 17.7 Å². The van der Waals surface area contributed by atoms with Crippen LogP contribution in [0, 0.1) is 12.8 Å². The SMILES string of the molecule is C=N/C(=C\C1=C(C)CN(S(=O)(=O)c2ccc(NC(=O)C3CC3)cc2)C1)C(O)c1ccc(C)c(N2CCN(C)CC2)c1. The van der Waals surface area contributed by atoms with Crippen molar-refractivity contribution in [1.29, 1.82) is 0 Å². The molecule has 218 valence electrons. The number of nitrogens with one attached hydrogen (secondary N) is 1. The van der Waals surface area contributed by atoms with Crippen LogP contribution in [0.15, 0.2) is 75.3 Å². The summed E-state index contributed by atoms with van der Waals surface area (Å²) >= 11 is 0. The standard InChI is InChI=1S/C31H39N5O4S/c1-21-5-6-24(18-29(21)35-15-13-34(4)14-16-35)30(37)28(32-3)17-25-20-36(19-22(25)2)41(39,40)27-11-9-26(10-12-27)33-31(38)23-7-8-23/h5-6,9-12,17-18,23,30,37H,3,7-8,13-16,19-20H2,1-2,4H3,(H,33,38)/b28-17-. The third-order valence-electron chi connectivity index (χ3n) is 8.19. The lowest BCUT2D eigenvalue weighted by Gasteiger charge is -2.35. The molecule has 2 heterocycles. The van der Waals surface area contributed by atoms with Crippen molar-refractivity contribution in [1.82, 2.24) is 9.21 Å². The minimum atomic E-state index is -3.76. The monoisotopic (exact) mass is 577 g/mol. The van der Waals surface area contributed by atoms with Crippen molar-refractivity contribution in [3.8, 4) is 0 Å².